The van der Waals surface area contributed by atoms with Crippen molar-refractivity contribution in [3.05, 3.63) is 28.1 Å². The first-order valence-corrected chi connectivity index (χ1v) is 6.38. The maximum atomic E-state index is 12.1. The van der Waals surface area contributed by atoms with Crippen LogP contribution in [0.3, 0.4) is 0 Å². The van der Waals surface area contributed by atoms with Crippen molar-refractivity contribution >= 4 is 11.6 Å². The van der Waals surface area contributed by atoms with Crippen molar-refractivity contribution in [1.82, 2.24) is 9.88 Å². The standard InChI is InChI=1S/C12H17N3O5/c1-2-14-6-9(15(18)19)5-10(14)11(16)13-7-12(17)3-4-20-8-12/h5-6,17H,2-4,7-8H2,1H3,(H,13,16). The van der Waals surface area contributed by atoms with Crippen LogP contribution in [-0.4, -0.2) is 45.9 Å². The minimum absolute atomic E-state index is 0.0640. The molecule has 1 aliphatic rings. The predicted molar refractivity (Wildman–Crippen MR) is 69.5 cm³/mol. The third-order valence-corrected chi connectivity index (χ3v) is 3.33. The number of hydrogen-bond donors (Lipinski definition) is 2. The fourth-order valence-electron chi connectivity index (χ4n) is 2.12. The SMILES string of the molecule is CCn1cc([N+](=O)[O-])cc1C(=O)NCC1(O)CCOC1. The van der Waals surface area contributed by atoms with Gasteiger partial charge in [-0.3, -0.25) is 14.9 Å². The molecular weight excluding hydrogens is 266 g/mol. The summed E-state index contributed by atoms with van der Waals surface area (Å²) in [5.74, 6) is -0.444. The zero-order valence-corrected chi connectivity index (χ0v) is 11.2. The molecule has 1 aliphatic heterocycles. The number of carbonyl (C=O) groups is 1. The molecule has 2 N–H and O–H groups in total. The van der Waals surface area contributed by atoms with Crippen molar-refractivity contribution in [2.24, 2.45) is 0 Å². The van der Waals surface area contributed by atoms with Crippen LogP contribution in [0.4, 0.5) is 5.69 Å². The molecule has 0 saturated carbocycles. The molecule has 2 rings (SSSR count). The monoisotopic (exact) mass is 283 g/mol. The summed E-state index contributed by atoms with van der Waals surface area (Å²) in [6, 6.07) is 1.23. The Hall–Kier alpha value is -1.93. The maximum absolute atomic E-state index is 12.1. The quantitative estimate of drug-likeness (QED) is 0.597. The molecule has 0 spiro atoms. The minimum Gasteiger partial charge on any atom is -0.386 e. The van der Waals surface area contributed by atoms with Gasteiger partial charge in [0, 0.05) is 32.2 Å². The number of nitro groups is 1. The first kappa shape index (κ1) is 14.5. The van der Waals surface area contributed by atoms with Crippen LogP contribution in [0, 0.1) is 10.1 Å². The van der Waals surface area contributed by atoms with E-state index in [4.69, 9.17) is 4.74 Å². The summed E-state index contributed by atoms with van der Waals surface area (Å²) in [4.78, 5) is 22.2. The molecule has 1 saturated heterocycles. The van der Waals surface area contributed by atoms with E-state index in [9.17, 15) is 20.0 Å². The molecule has 0 aliphatic carbocycles. The summed E-state index contributed by atoms with van der Waals surface area (Å²) in [5, 5.41) is 23.4. The van der Waals surface area contributed by atoms with Gasteiger partial charge in [0.15, 0.2) is 0 Å². The number of amides is 1. The zero-order chi connectivity index (χ0) is 14.8. The summed E-state index contributed by atoms with van der Waals surface area (Å²) in [5.41, 5.74) is -0.966. The van der Waals surface area contributed by atoms with Gasteiger partial charge in [-0.1, -0.05) is 0 Å². The smallest absolute Gasteiger partial charge is 0.287 e. The Balaban J connectivity index is 2.06. The largest absolute Gasteiger partial charge is 0.386 e. The van der Waals surface area contributed by atoms with Gasteiger partial charge in [-0.15, -0.1) is 0 Å². The van der Waals surface area contributed by atoms with Crippen molar-refractivity contribution in [3.63, 3.8) is 0 Å². The number of hydrogen-bond acceptors (Lipinski definition) is 5. The van der Waals surface area contributed by atoms with Gasteiger partial charge in [0.2, 0.25) is 0 Å². The Kier molecular flexibility index (Phi) is 4.05. The number of ether oxygens (including phenoxy) is 1. The Morgan fingerprint density at radius 1 is 1.70 bits per heavy atom. The van der Waals surface area contributed by atoms with E-state index in [1.165, 1.54) is 16.8 Å². The number of aromatic nitrogens is 1. The summed E-state index contributed by atoms with van der Waals surface area (Å²) < 4.78 is 6.59. The minimum atomic E-state index is -1.05. The molecule has 1 amide bonds. The highest BCUT2D eigenvalue weighted by molar-refractivity contribution is 5.93. The number of rotatable bonds is 5. The number of nitrogens with zero attached hydrogens (tertiary/aromatic N) is 2. The van der Waals surface area contributed by atoms with Crippen LogP contribution < -0.4 is 5.32 Å². The third kappa shape index (κ3) is 2.97. The lowest BCUT2D eigenvalue weighted by Gasteiger charge is -2.20. The van der Waals surface area contributed by atoms with Gasteiger partial charge in [0.05, 0.1) is 17.7 Å². The van der Waals surface area contributed by atoms with E-state index in [2.05, 4.69) is 5.32 Å². The van der Waals surface area contributed by atoms with Crippen molar-refractivity contribution < 1.29 is 19.6 Å². The van der Waals surface area contributed by atoms with Gasteiger partial charge >= 0.3 is 0 Å². The fraction of sp³-hybridized carbons (Fsp3) is 0.583. The Morgan fingerprint density at radius 2 is 2.45 bits per heavy atom. The number of aliphatic hydroxyl groups is 1. The average molecular weight is 283 g/mol. The highest BCUT2D eigenvalue weighted by Crippen LogP contribution is 2.19. The van der Waals surface area contributed by atoms with Gasteiger partial charge in [-0.2, -0.15) is 0 Å². The molecule has 8 nitrogen and oxygen atoms in total. The molecule has 8 heteroatoms. The van der Waals surface area contributed by atoms with Gasteiger partial charge in [0.1, 0.15) is 11.3 Å². The van der Waals surface area contributed by atoms with Crippen LogP contribution >= 0.6 is 0 Å². The molecular formula is C12H17N3O5. The molecule has 0 aromatic carbocycles. The molecule has 0 bridgehead atoms. The van der Waals surface area contributed by atoms with E-state index < -0.39 is 16.4 Å². The highest BCUT2D eigenvalue weighted by atomic mass is 16.6. The summed E-state index contributed by atoms with van der Waals surface area (Å²) in [6.45, 7) is 2.95. The fourth-order valence-corrected chi connectivity index (χ4v) is 2.12. The second kappa shape index (κ2) is 5.59. The molecule has 2 heterocycles. The molecule has 0 radical (unpaired) electrons. The molecule has 1 atom stereocenters. The third-order valence-electron chi connectivity index (χ3n) is 3.33. The summed E-state index contributed by atoms with van der Waals surface area (Å²) in [7, 11) is 0. The van der Waals surface area contributed by atoms with E-state index in [1.807, 2.05) is 0 Å². The van der Waals surface area contributed by atoms with Crippen molar-refractivity contribution in [3.8, 4) is 0 Å². The van der Waals surface area contributed by atoms with Crippen LogP contribution in [0.5, 0.6) is 0 Å². The number of carbonyl (C=O) groups excluding carboxylic acids is 1. The first-order valence-electron chi connectivity index (χ1n) is 6.38. The van der Waals surface area contributed by atoms with Gasteiger partial charge in [-0.05, 0) is 6.92 Å². The molecule has 20 heavy (non-hydrogen) atoms. The van der Waals surface area contributed by atoms with E-state index in [0.29, 0.717) is 19.6 Å². The van der Waals surface area contributed by atoms with Crippen molar-refractivity contribution in [2.75, 3.05) is 19.8 Å². The molecule has 1 unspecified atom stereocenters. The molecule has 110 valence electrons. The maximum Gasteiger partial charge on any atom is 0.287 e. The van der Waals surface area contributed by atoms with Crippen molar-refractivity contribution in [1.29, 1.82) is 0 Å². The van der Waals surface area contributed by atoms with Crippen LogP contribution in [0.1, 0.15) is 23.8 Å². The lowest BCUT2D eigenvalue weighted by atomic mass is 10.0. The predicted octanol–water partition coefficient (Wildman–Crippen LogP) is 0.297. The van der Waals surface area contributed by atoms with Crippen LogP contribution in [0.15, 0.2) is 12.3 Å². The molecule has 1 fully saturated rings. The van der Waals surface area contributed by atoms with E-state index in [-0.39, 0.29) is 24.5 Å². The topological polar surface area (TPSA) is 107 Å². The van der Waals surface area contributed by atoms with E-state index >= 15 is 0 Å². The van der Waals surface area contributed by atoms with E-state index in [0.717, 1.165) is 0 Å². The van der Waals surface area contributed by atoms with Gasteiger partial charge in [0.25, 0.3) is 11.6 Å². The first-order chi connectivity index (χ1) is 9.45. The average Bonchev–Trinajstić information content (AvgIpc) is 3.02. The normalized spacial score (nSPS) is 21.9. The number of nitrogens with one attached hydrogen (secondary N) is 1. The second-order valence-electron chi connectivity index (χ2n) is 4.84. The highest BCUT2D eigenvalue weighted by Gasteiger charge is 2.33. The lowest BCUT2D eigenvalue weighted by Crippen LogP contribution is -2.43. The zero-order valence-electron chi connectivity index (χ0n) is 11.2. The molecule has 1 aromatic rings. The number of aryl methyl sites for hydroxylation is 1. The summed E-state index contributed by atoms with van der Waals surface area (Å²) >= 11 is 0. The Morgan fingerprint density at radius 3 is 3.00 bits per heavy atom. The summed E-state index contributed by atoms with van der Waals surface area (Å²) in [6.07, 6.45) is 1.78. The van der Waals surface area contributed by atoms with E-state index in [1.54, 1.807) is 6.92 Å². The van der Waals surface area contributed by atoms with Crippen LogP contribution in [-0.2, 0) is 11.3 Å². The van der Waals surface area contributed by atoms with Crippen LogP contribution in [0.2, 0.25) is 0 Å². The second-order valence-corrected chi connectivity index (χ2v) is 4.84. The Bertz CT molecular complexity index is 519. The van der Waals surface area contributed by atoms with Gasteiger partial charge < -0.3 is 19.7 Å². The van der Waals surface area contributed by atoms with Crippen LogP contribution in [0.25, 0.3) is 0 Å². The molecule has 1 aromatic heterocycles. The Labute approximate surface area is 115 Å². The lowest BCUT2D eigenvalue weighted by molar-refractivity contribution is -0.384. The van der Waals surface area contributed by atoms with Gasteiger partial charge in [-0.25, -0.2) is 0 Å². The van der Waals surface area contributed by atoms with Crippen molar-refractivity contribution in [2.45, 2.75) is 25.5 Å².